The van der Waals surface area contributed by atoms with Crippen LogP contribution in [0.3, 0.4) is 0 Å². The minimum atomic E-state index is 1.14. The van der Waals surface area contributed by atoms with Crippen LogP contribution in [0.4, 0.5) is 0 Å². The summed E-state index contributed by atoms with van der Waals surface area (Å²) in [7, 11) is 0. The molecule has 16 heavy (non-hydrogen) atoms. The second-order valence-electron chi connectivity index (χ2n) is 4.43. The Morgan fingerprint density at radius 1 is 0.688 bits per heavy atom. The number of unbranched alkanes of at least 4 members (excludes halogenated alkanes) is 8. The van der Waals surface area contributed by atoms with E-state index in [0.29, 0.717) is 0 Å². The Kier molecular flexibility index (Phi) is 14.0. The van der Waals surface area contributed by atoms with Gasteiger partial charge in [0.05, 0.1) is 0 Å². The molecular weight excluding hydrogens is 192 g/mol. The lowest BCUT2D eigenvalue weighted by atomic mass is 10.1. The first-order chi connectivity index (χ1) is 7.91. The summed E-state index contributed by atoms with van der Waals surface area (Å²) in [4.78, 5) is 0. The van der Waals surface area contributed by atoms with E-state index < -0.39 is 0 Å². The molecule has 0 saturated carbocycles. The molecule has 93 valence electrons. The van der Waals surface area contributed by atoms with Gasteiger partial charge in [0.25, 0.3) is 0 Å². The van der Waals surface area contributed by atoms with Gasteiger partial charge in [0.15, 0.2) is 0 Å². The van der Waals surface area contributed by atoms with Crippen molar-refractivity contribution in [2.75, 3.05) is 0 Å². The monoisotopic (exact) mass is 221 g/mol. The van der Waals surface area contributed by atoms with Gasteiger partial charge in [0, 0.05) is 0 Å². The number of allylic oxidation sites excluding steroid dienone is 4. The Balaban J connectivity index is 3.02. The standard InChI is InChI=1S/C16H29/c1-3-5-7-9-11-13-15-16-14-12-10-8-6-4-2/h3,5,11,13H,1,4,6-10,12,14-16H2,2H3. The third-order valence-corrected chi connectivity index (χ3v) is 2.81. The molecule has 0 saturated heterocycles. The van der Waals surface area contributed by atoms with Crippen molar-refractivity contribution >= 4 is 0 Å². The molecule has 1 radical (unpaired) electrons. The van der Waals surface area contributed by atoms with Crippen molar-refractivity contribution < 1.29 is 0 Å². The molecule has 0 bridgehead atoms. The largest absolute Gasteiger partial charge is 0.0885 e. The highest BCUT2D eigenvalue weighted by atomic mass is 13.9. The first kappa shape index (κ1) is 15.5. The maximum absolute atomic E-state index is 3.67. The molecule has 0 amide bonds. The average Bonchev–Trinajstić information content (AvgIpc) is 2.31. The van der Waals surface area contributed by atoms with Crippen LogP contribution < -0.4 is 0 Å². The topological polar surface area (TPSA) is 0 Å². The summed E-state index contributed by atoms with van der Waals surface area (Å²) < 4.78 is 0. The van der Waals surface area contributed by atoms with E-state index in [0.717, 1.165) is 6.42 Å². The van der Waals surface area contributed by atoms with Gasteiger partial charge in [-0.1, -0.05) is 69.8 Å². The Morgan fingerprint density at radius 2 is 1.25 bits per heavy atom. The number of hydrogen-bond donors (Lipinski definition) is 0. The van der Waals surface area contributed by atoms with Crippen LogP contribution in [0.1, 0.15) is 71.1 Å². The molecule has 0 rings (SSSR count). The fourth-order valence-corrected chi connectivity index (χ4v) is 1.77. The molecule has 0 spiro atoms. The van der Waals surface area contributed by atoms with Crippen LogP contribution in [-0.4, -0.2) is 0 Å². The molecule has 0 fully saturated rings. The van der Waals surface area contributed by atoms with Gasteiger partial charge in [-0.15, -0.1) is 0 Å². The van der Waals surface area contributed by atoms with E-state index in [1.807, 2.05) is 6.08 Å². The molecule has 0 heteroatoms. The fraction of sp³-hybridized carbons (Fsp3) is 0.688. The molecule has 0 heterocycles. The van der Waals surface area contributed by atoms with E-state index >= 15 is 0 Å². The Labute approximate surface area is 103 Å². The van der Waals surface area contributed by atoms with Crippen molar-refractivity contribution in [2.45, 2.75) is 71.1 Å². The number of rotatable bonds is 11. The summed E-state index contributed by atoms with van der Waals surface area (Å²) in [5.74, 6) is 0. The Morgan fingerprint density at radius 3 is 1.94 bits per heavy atom. The zero-order valence-corrected chi connectivity index (χ0v) is 11.1. The lowest BCUT2D eigenvalue weighted by Crippen LogP contribution is -1.78. The zero-order valence-electron chi connectivity index (χ0n) is 11.1. The lowest BCUT2D eigenvalue weighted by molar-refractivity contribution is 0.592. The summed E-state index contributed by atoms with van der Waals surface area (Å²) in [5, 5.41) is 0. The highest BCUT2D eigenvalue weighted by Gasteiger charge is 1.89. The molecule has 0 aromatic carbocycles. The first-order valence-electron chi connectivity index (χ1n) is 7.01. The van der Waals surface area contributed by atoms with Crippen molar-refractivity contribution in [1.82, 2.24) is 0 Å². The first-order valence-corrected chi connectivity index (χ1v) is 7.01. The second-order valence-corrected chi connectivity index (χ2v) is 4.43. The minimum absolute atomic E-state index is 1.14. The Bertz CT molecular complexity index is 165. The molecule has 0 N–H and O–H groups in total. The Hall–Kier alpha value is -0.520. The summed E-state index contributed by atoms with van der Waals surface area (Å²) >= 11 is 0. The van der Waals surface area contributed by atoms with Crippen molar-refractivity contribution in [1.29, 1.82) is 0 Å². The SMILES string of the molecule is [CH2]C=CCCC=CCCCCCCCCC. The molecule has 0 unspecified atom stereocenters. The van der Waals surface area contributed by atoms with E-state index in [2.05, 4.69) is 32.1 Å². The summed E-state index contributed by atoms with van der Waals surface area (Å²) in [5.41, 5.74) is 0. The van der Waals surface area contributed by atoms with Gasteiger partial charge in [0.1, 0.15) is 0 Å². The highest BCUT2D eigenvalue weighted by molar-refractivity contribution is 4.88. The zero-order chi connectivity index (χ0) is 11.9. The van der Waals surface area contributed by atoms with Gasteiger partial charge in [-0.3, -0.25) is 0 Å². The van der Waals surface area contributed by atoms with Gasteiger partial charge in [-0.05, 0) is 32.6 Å². The molecule has 0 aliphatic heterocycles. The van der Waals surface area contributed by atoms with Crippen molar-refractivity contribution in [3.8, 4) is 0 Å². The van der Waals surface area contributed by atoms with Crippen LogP contribution in [0.2, 0.25) is 0 Å². The van der Waals surface area contributed by atoms with Crippen molar-refractivity contribution in [2.24, 2.45) is 0 Å². The second kappa shape index (κ2) is 14.5. The van der Waals surface area contributed by atoms with Crippen molar-refractivity contribution in [3.05, 3.63) is 31.2 Å². The minimum Gasteiger partial charge on any atom is -0.0885 e. The third-order valence-electron chi connectivity index (χ3n) is 2.81. The summed E-state index contributed by atoms with van der Waals surface area (Å²) in [6.07, 6.45) is 22.1. The highest BCUT2D eigenvalue weighted by Crippen LogP contribution is 2.08. The average molecular weight is 221 g/mol. The van der Waals surface area contributed by atoms with Crippen LogP contribution in [0, 0.1) is 6.92 Å². The van der Waals surface area contributed by atoms with Crippen LogP contribution in [0.5, 0.6) is 0 Å². The van der Waals surface area contributed by atoms with E-state index in [1.165, 1.54) is 57.8 Å². The van der Waals surface area contributed by atoms with Gasteiger partial charge >= 0.3 is 0 Å². The van der Waals surface area contributed by atoms with E-state index in [-0.39, 0.29) is 0 Å². The molecule has 0 aromatic rings. The molecule has 0 aliphatic carbocycles. The van der Waals surface area contributed by atoms with E-state index in [1.54, 1.807) is 0 Å². The molecule has 0 atom stereocenters. The van der Waals surface area contributed by atoms with Gasteiger partial charge < -0.3 is 0 Å². The van der Waals surface area contributed by atoms with Gasteiger partial charge in [-0.2, -0.15) is 0 Å². The molecular formula is C16H29. The number of hydrogen-bond acceptors (Lipinski definition) is 0. The molecule has 0 nitrogen and oxygen atoms in total. The lowest BCUT2D eigenvalue weighted by Gasteiger charge is -1.98. The van der Waals surface area contributed by atoms with E-state index in [4.69, 9.17) is 0 Å². The van der Waals surface area contributed by atoms with Crippen LogP contribution >= 0.6 is 0 Å². The molecule has 0 aromatic heterocycles. The van der Waals surface area contributed by atoms with Crippen LogP contribution in [0.25, 0.3) is 0 Å². The summed E-state index contributed by atoms with van der Waals surface area (Å²) in [6, 6.07) is 0. The van der Waals surface area contributed by atoms with Gasteiger partial charge in [0.2, 0.25) is 0 Å². The van der Waals surface area contributed by atoms with Crippen LogP contribution in [0.15, 0.2) is 24.3 Å². The predicted molar refractivity (Wildman–Crippen MR) is 75.5 cm³/mol. The summed E-state index contributed by atoms with van der Waals surface area (Å²) in [6.45, 7) is 5.94. The van der Waals surface area contributed by atoms with E-state index in [9.17, 15) is 0 Å². The normalized spacial score (nSPS) is 11.9. The maximum atomic E-state index is 3.67. The maximum Gasteiger partial charge on any atom is -0.0316 e. The van der Waals surface area contributed by atoms with Gasteiger partial charge in [-0.25, -0.2) is 0 Å². The van der Waals surface area contributed by atoms with Crippen LogP contribution in [-0.2, 0) is 0 Å². The molecule has 0 aliphatic rings. The fourth-order valence-electron chi connectivity index (χ4n) is 1.77. The smallest absolute Gasteiger partial charge is 0.0316 e. The third kappa shape index (κ3) is 13.5. The van der Waals surface area contributed by atoms with Crippen molar-refractivity contribution in [3.63, 3.8) is 0 Å². The quantitative estimate of drug-likeness (QED) is 0.303. The predicted octanol–water partition coefficient (Wildman–Crippen LogP) is 5.85.